The van der Waals surface area contributed by atoms with Crippen molar-refractivity contribution in [1.29, 1.82) is 0 Å². The summed E-state index contributed by atoms with van der Waals surface area (Å²) in [5.41, 5.74) is 0. The van der Waals surface area contributed by atoms with Crippen molar-refractivity contribution >= 4 is 23.6 Å². The lowest BCUT2D eigenvalue weighted by molar-refractivity contribution is -0.201. The molecule has 1 atom stereocenters. The molecule has 1 heterocycles. The number of nitrogens with one attached hydrogen (secondary N) is 2. The highest BCUT2D eigenvalue weighted by atomic mass is 32.2. The monoisotopic (exact) mass is 396 g/mol. The second kappa shape index (κ2) is 9.68. The van der Waals surface area contributed by atoms with Gasteiger partial charge in [-0.1, -0.05) is 0 Å². The Balaban J connectivity index is 1.73. The number of rotatable bonds is 4. The maximum atomic E-state index is 12.5. The van der Waals surface area contributed by atoms with Crippen LogP contribution in [0.4, 0.5) is 13.2 Å². The minimum absolute atomic E-state index is 0.0400. The van der Waals surface area contributed by atoms with E-state index >= 15 is 0 Å². The highest BCUT2D eigenvalue weighted by Gasteiger charge is 2.38. The zero-order valence-corrected chi connectivity index (χ0v) is 15.7. The predicted molar refractivity (Wildman–Crippen MR) is 96.2 cm³/mol. The summed E-state index contributed by atoms with van der Waals surface area (Å²) < 4.78 is 37.0. The molecule has 0 bridgehead atoms. The van der Waals surface area contributed by atoms with Crippen LogP contribution in [0.5, 0.6) is 0 Å². The van der Waals surface area contributed by atoms with E-state index in [-0.39, 0.29) is 23.8 Å². The summed E-state index contributed by atoms with van der Waals surface area (Å²) in [5, 5.41) is 14.6. The van der Waals surface area contributed by atoms with Gasteiger partial charge in [0.05, 0.1) is 6.54 Å². The van der Waals surface area contributed by atoms with Crippen molar-refractivity contribution in [3.63, 3.8) is 0 Å². The van der Waals surface area contributed by atoms with Crippen molar-refractivity contribution in [3.8, 4) is 0 Å². The van der Waals surface area contributed by atoms with Crippen LogP contribution in [0.25, 0.3) is 0 Å². The quantitative estimate of drug-likeness (QED) is 0.492. The average Bonchev–Trinajstić information content (AvgIpc) is 2.64. The molecule has 150 valence electrons. The van der Waals surface area contributed by atoms with Gasteiger partial charge in [-0.05, 0) is 25.7 Å². The van der Waals surface area contributed by atoms with Crippen LogP contribution in [0, 0.1) is 5.92 Å². The van der Waals surface area contributed by atoms with E-state index in [2.05, 4.69) is 15.6 Å². The van der Waals surface area contributed by atoms with Gasteiger partial charge in [-0.3, -0.25) is 9.79 Å². The van der Waals surface area contributed by atoms with Gasteiger partial charge in [-0.2, -0.15) is 24.9 Å². The van der Waals surface area contributed by atoms with Crippen molar-refractivity contribution < 1.29 is 23.1 Å². The first kappa shape index (κ1) is 21.1. The molecule has 6 nitrogen and oxygen atoms in total. The summed E-state index contributed by atoms with van der Waals surface area (Å²) in [6.07, 6.45) is -4.03. The number of halogens is 3. The molecular weight excluding hydrogens is 369 g/mol. The number of nitrogens with zero attached hydrogens (tertiary/aromatic N) is 2. The molecule has 2 fully saturated rings. The third-order valence-electron chi connectivity index (χ3n) is 4.80. The standard InChI is InChI=1S/C16H27F3N4O2S/c1-20-15(21-10-13(24)16(17,18)19)22-12-4-2-11(3-5-12)14(25)23-6-8-26-9-7-23/h11-13,24H,2-10H2,1H3,(H2,20,21,22). The largest absolute Gasteiger partial charge is 0.416 e. The molecule has 1 aliphatic carbocycles. The number of carbonyl (C=O) groups excluding carboxylic acids is 1. The van der Waals surface area contributed by atoms with Crippen LogP contribution in [-0.4, -0.2) is 78.4 Å². The van der Waals surface area contributed by atoms with Crippen LogP contribution in [0.3, 0.4) is 0 Å². The van der Waals surface area contributed by atoms with Gasteiger partial charge in [0, 0.05) is 43.6 Å². The van der Waals surface area contributed by atoms with Crippen LogP contribution in [-0.2, 0) is 4.79 Å². The number of carbonyl (C=O) groups is 1. The lowest BCUT2D eigenvalue weighted by Gasteiger charge is -2.34. The predicted octanol–water partition coefficient (Wildman–Crippen LogP) is 1.21. The number of hydrogen-bond acceptors (Lipinski definition) is 4. The fourth-order valence-corrected chi connectivity index (χ4v) is 4.13. The first-order valence-electron chi connectivity index (χ1n) is 8.89. The van der Waals surface area contributed by atoms with Crippen LogP contribution in [0.1, 0.15) is 25.7 Å². The maximum absolute atomic E-state index is 12.5. The molecule has 2 aliphatic rings. The number of aliphatic hydroxyl groups excluding tert-OH is 1. The Hall–Kier alpha value is -1.16. The van der Waals surface area contributed by atoms with Crippen molar-refractivity contribution in [2.24, 2.45) is 10.9 Å². The summed E-state index contributed by atoms with van der Waals surface area (Å²) in [7, 11) is 1.47. The Morgan fingerprint density at radius 1 is 1.27 bits per heavy atom. The Labute approximate surface area is 156 Å². The molecule has 2 rings (SSSR count). The number of aliphatic hydroxyl groups is 1. The molecule has 0 radical (unpaired) electrons. The Morgan fingerprint density at radius 2 is 1.88 bits per heavy atom. The van der Waals surface area contributed by atoms with Crippen LogP contribution >= 0.6 is 11.8 Å². The molecule has 1 amide bonds. The minimum atomic E-state index is -4.66. The summed E-state index contributed by atoms with van der Waals surface area (Å²) in [6, 6.07) is 0.0604. The zero-order valence-electron chi connectivity index (χ0n) is 14.9. The van der Waals surface area contributed by atoms with E-state index in [0.29, 0.717) is 0 Å². The van der Waals surface area contributed by atoms with E-state index in [9.17, 15) is 18.0 Å². The smallest absolute Gasteiger partial charge is 0.382 e. The normalized spacial score (nSPS) is 26.3. The first-order chi connectivity index (χ1) is 12.3. The molecule has 1 unspecified atom stereocenters. The number of guanidine groups is 1. The van der Waals surface area contributed by atoms with Gasteiger partial charge >= 0.3 is 6.18 Å². The number of aliphatic imine (C=N–C) groups is 1. The van der Waals surface area contributed by atoms with Gasteiger partial charge in [0.25, 0.3) is 0 Å². The van der Waals surface area contributed by atoms with Crippen molar-refractivity contribution in [2.75, 3.05) is 38.2 Å². The van der Waals surface area contributed by atoms with E-state index in [1.165, 1.54) is 7.05 Å². The van der Waals surface area contributed by atoms with Crippen molar-refractivity contribution in [2.45, 2.75) is 44.0 Å². The molecule has 0 aromatic rings. The molecular formula is C16H27F3N4O2S. The van der Waals surface area contributed by atoms with Gasteiger partial charge in [-0.15, -0.1) is 0 Å². The van der Waals surface area contributed by atoms with Crippen molar-refractivity contribution in [3.05, 3.63) is 0 Å². The highest BCUT2D eigenvalue weighted by molar-refractivity contribution is 7.99. The molecule has 10 heteroatoms. The third-order valence-corrected chi connectivity index (χ3v) is 5.75. The zero-order chi connectivity index (χ0) is 19.2. The van der Waals surface area contributed by atoms with E-state index in [1.807, 2.05) is 16.7 Å². The van der Waals surface area contributed by atoms with Gasteiger partial charge in [0.2, 0.25) is 5.91 Å². The highest BCUT2D eigenvalue weighted by Crippen LogP contribution is 2.27. The second-order valence-corrected chi connectivity index (χ2v) is 7.87. The summed E-state index contributed by atoms with van der Waals surface area (Å²) >= 11 is 1.87. The number of thioether (sulfide) groups is 1. The second-order valence-electron chi connectivity index (χ2n) is 6.64. The van der Waals surface area contributed by atoms with Gasteiger partial charge in [0.15, 0.2) is 12.1 Å². The minimum Gasteiger partial charge on any atom is -0.382 e. The van der Waals surface area contributed by atoms with Gasteiger partial charge in [-0.25, -0.2) is 0 Å². The summed E-state index contributed by atoms with van der Waals surface area (Å²) in [6.45, 7) is 0.990. The molecule has 1 saturated heterocycles. The van der Waals surface area contributed by atoms with Gasteiger partial charge < -0.3 is 20.6 Å². The number of alkyl halides is 3. The number of hydrogen-bond donors (Lipinski definition) is 3. The molecule has 1 saturated carbocycles. The first-order valence-corrected chi connectivity index (χ1v) is 10.0. The average molecular weight is 396 g/mol. The van der Waals surface area contributed by atoms with Gasteiger partial charge in [0.1, 0.15) is 0 Å². The fourth-order valence-electron chi connectivity index (χ4n) is 3.22. The maximum Gasteiger partial charge on any atom is 0.416 e. The van der Waals surface area contributed by atoms with E-state index in [4.69, 9.17) is 5.11 Å². The molecule has 0 aromatic carbocycles. The summed E-state index contributed by atoms with van der Waals surface area (Å²) in [5.74, 6) is 2.50. The molecule has 0 spiro atoms. The Morgan fingerprint density at radius 3 is 2.42 bits per heavy atom. The number of amides is 1. The Bertz CT molecular complexity index is 490. The van der Waals surface area contributed by atoms with Crippen LogP contribution < -0.4 is 10.6 Å². The summed E-state index contributed by atoms with van der Waals surface area (Å²) in [4.78, 5) is 18.4. The molecule has 3 N–H and O–H groups in total. The van der Waals surface area contributed by atoms with Crippen molar-refractivity contribution in [1.82, 2.24) is 15.5 Å². The molecule has 0 aromatic heterocycles. The van der Waals surface area contributed by atoms with E-state index < -0.39 is 18.8 Å². The van der Waals surface area contributed by atoms with E-state index in [0.717, 1.165) is 50.3 Å². The van der Waals surface area contributed by atoms with Crippen LogP contribution in [0.15, 0.2) is 4.99 Å². The third kappa shape index (κ3) is 6.22. The van der Waals surface area contributed by atoms with Crippen LogP contribution in [0.2, 0.25) is 0 Å². The lowest BCUT2D eigenvalue weighted by Crippen LogP contribution is -2.49. The van der Waals surface area contributed by atoms with E-state index in [1.54, 1.807) is 0 Å². The Kier molecular flexibility index (Phi) is 7.87. The lowest BCUT2D eigenvalue weighted by atomic mass is 9.85. The fraction of sp³-hybridized carbons (Fsp3) is 0.875. The topological polar surface area (TPSA) is 77.0 Å². The molecule has 26 heavy (non-hydrogen) atoms. The SMILES string of the molecule is CN=C(NCC(O)C(F)(F)F)NC1CCC(C(=O)N2CCSCC2)CC1. The molecule has 1 aliphatic heterocycles.